The van der Waals surface area contributed by atoms with Crippen LogP contribution in [-0.4, -0.2) is 10.0 Å². The van der Waals surface area contributed by atoms with Crippen molar-refractivity contribution in [3.63, 3.8) is 0 Å². The SMILES string of the molecule is Cc1ncccc1C([O])=S. The smallest absolute Gasteiger partial charge is 0.251 e. The molecule has 0 saturated carbocycles. The molecule has 0 fully saturated rings. The van der Waals surface area contributed by atoms with Crippen molar-refractivity contribution < 1.29 is 5.11 Å². The van der Waals surface area contributed by atoms with E-state index in [9.17, 15) is 5.11 Å². The summed E-state index contributed by atoms with van der Waals surface area (Å²) in [4.78, 5) is 3.91. The molecule has 0 aliphatic carbocycles. The summed E-state index contributed by atoms with van der Waals surface area (Å²) in [5.41, 5.74) is 1.22. The first kappa shape index (κ1) is 7.15. The van der Waals surface area contributed by atoms with Crippen LogP contribution in [0.25, 0.3) is 0 Å². The van der Waals surface area contributed by atoms with Crippen molar-refractivity contribution in [2.24, 2.45) is 0 Å². The molecule has 0 spiro atoms. The highest BCUT2D eigenvalue weighted by Gasteiger charge is 2.02. The van der Waals surface area contributed by atoms with E-state index < -0.39 is 0 Å². The van der Waals surface area contributed by atoms with E-state index in [2.05, 4.69) is 17.2 Å². The molecule has 1 heterocycles. The molecule has 0 bridgehead atoms. The average Bonchev–Trinajstić information content (AvgIpc) is 1.88. The van der Waals surface area contributed by atoms with Gasteiger partial charge in [0.15, 0.2) is 0 Å². The third-order valence-electron chi connectivity index (χ3n) is 1.23. The Hall–Kier alpha value is -0.960. The number of nitrogens with zero attached hydrogens (tertiary/aromatic N) is 1. The lowest BCUT2D eigenvalue weighted by Gasteiger charge is -1.95. The van der Waals surface area contributed by atoms with E-state index in [-0.39, 0.29) is 5.05 Å². The summed E-state index contributed by atoms with van der Waals surface area (Å²) >= 11 is 4.45. The van der Waals surface area contributed by atoms with Gasteiger partial charge in [0.05, 0.1) is 5.56 Å². The highest BCUT2D eigenvalue weighted by molar-refractivity contribution is 7.80. The third-order valence-corrected chi connectivity index (χ3v) is 1.45. The van der Waals surface area contributed by atoms with Crippen LogP contribution in [0.5, 0.6) is 0 Å². The number of pyridine rings is 1. The highest BCUT2D eigenvalue weighted by atomic mass is 32.1. The van der Waals surface area contributed by atoms with E-state index in [1.807, 2.05) is 0 Å². The summed E-state index contributed by atoms with van der Waals surface area (Å²) in [5.74, 6) is 0. The Morgan fingerprint density at radius 3 is 2.80 bits per heavy atom. The molecule has 1 rings (SSSR count). The van der Waals surface area contributed by atoms with Gasteiger partial charge in [-0.2, -0.15) is 0 Å². The van der Waals surface area contributed by atoms with Crippen molar-refractivity contribution in [2.45, 2.75) is 6.92 Å². The standard InChI is InChI=1S/C7H6NOS/c1-5-6(7(9)10)3-2-4-8-5/h2-4H,1H3. The second-order valence-corrected chi connectivity index (χ2v) is 2.29. The molecule has 10 heavy (non-hydrogen) atoms. The lowest BCUT2D eigenvalue weighted by Crippen LogP contribution is -1.97. The van der Waals surface area contributed by atoms with Gasteiger partial charge in [-0.1, -0.05) is 0 Å². The number of hydrogen-bond acceptors (Lipinski definition) is 2. The fraction of sp³-hybridized carbons (Fsp3) is 0.143. The number of aromatic nitrogens is 1. The number of rotatable bonds is 1. The summed E-state index contributed by atoms with van der Waals surface area (Å²) < 4.78 is 0. The van der Waals surface area contributed by atoms with Crippen molar-refractivity contribution in [3.8, 4) is 0 Å². The summed E-state index contributed by atoms with van der Waals surface area (Å²) in [7, 11) is 0. The molecule has 1 aromatic rings. The quantitative estimate of drug-likeness (QED) is 0.571. The van der Waals surface area contributed by atoms with Crippen LogP contribution in [-0.2, 0) is 5.11 Å². The van der Waals surface area contributed by atoms with Crippen molar-refractivity contribution >= 4 is 17.3 Å². The predicted octanol–water partition coefficient (Wildman–Crippen LogP) is 1.50. The Balaban J connectivity index is 3.15. The Bertz CT molecular complexity index is 260. The minimum atomic E-state index is -0.342. The molecular formula is C7H6NOS. The van der Waals surface area contributed by atoms with Crippen LogP contribution >= 0.6 is 12.2 Å². The molecule has 0 aliphatic rings. The number of hydrogen-bond donors (Lipinski definition) is 0. The lowest BCUT2D eigenvalue weighted by molar-refractivity contribution is 0.442. The van der Waals surface area contributed by atoms with Gasteiger partial charge in [-0.15, -0.1) is 0 Å². The maximum absolute atomic E-state index is 10.6. The molecule has 1 aromatic heterocycles. The minimum absolute atomic E-state index is 0.342. The van der Waals surface area contributed by atoms with Crippen LogP contribution < -0.4 is 0 Å². The van der Waals surface area contributed by atoms with Crippen LogP contribution in [0.15, 0.2) is 18.3 Å². The topological polar surface area (TPSA) is 32.8 Å². The largest absolute Gasteiger partial charge is 0.276 e. The maximum atomic E-state index is 10.6. The molecule has 0 unspecified atom stereocenters. The zero-order valence-electron chi connectivity index (χ0n) is 5.50. The molecule has 0 aromatic carbocycles. The number of aryl methyl sites for hydroxylation is 1. The molecule has 0 atom stereocenters. The Morgan fingerprint density at radius 1 is 1.70 bits per heavy atom. The Kier molecular flexibility index (Phi) is 1.97. The van der Waals surface area contributed by atoms with Gasteiger partial charge in [0, 0.05) is 11.9 Å². The molecule has 0 amide bonds. The summed E-state index contributed by atoms with van der Waals surface area (Å²) in [6.45, 7) is 1.76. The van der Waals surface area contributed by atoms with Gasteiger partial charge in [0.25, 0.3) is 5.05 Å². The lowest BCUT2D eigenvalue weighted by atomic mass is 10.2. The van der Waals surface area contributed by atoms with Crippen LogP contribution in [0, 0.1) is 6.92 Å². The van der Waals surface area contributed by atoms with Crippen LogP contribution in [0.1, 0.15) is 11.3 Å². The van der Waals surface area contributed by atoms with Gasteiger partial charge in [-0.05, 0) is 31.3 Å². The molecule has 51 valence electrons. The summed E-state index contributed by atoms with van der Waals surface area (Å²) in [6.07, 6.45) is 1.64. The fourth-order valence-electron chi connectivity index (χ4n) is 0.700. The Morgan fingerprint density at radius 2 is 2.40 bits per heavy atom. The molecule has 1 radical (unpaired) electrons. The third kappa shape index (κ3) is 1.30. The second kappa shape index (κ2) is 2.75. The van der Waals surface area contributed by atoms with Crippen molar-refractivity contribution in [1.29, 1.82) is 0 Å². The minimum Gasteiger partial charge on any atom is -0.276 e. The van der Waals surface area contributed by atoms with Gasteiger partial charge >= 0.3 is 0 Å². The molecular weight excluding hydrogens is 146 g/mol. The van der Waals surface area contributed by atoms with E-state index in [0.29, 0.717) is 11.3 Å². The highest BCUT2D eigenvalue weighted by Crippen LogP contribution is 2.03. The van der Waals surface area contributed by atoms with Gasteiger partial charge in [-0.25, -0.2) is 0 Å². The first-order valence-electron chi connectivity index (χ1n) is 2.85. The maximum Gasteiger partial charge on any atom is 0.251 e. The predicted molar refractivity (Wildman–Crippen MR) is 41.4 cm³/mol. The van der Waals surface area contributed by atoms with Crippen LogP contribution in [0.3, 0.4) is 0 Å². The molecule has 2 nitrogen and oxygen atoms in total. The molecule has 3 heteroatoms. The van der Waals surface area contributed by atoms with E-state index in [4.69, 9.17) is 0 Å². The molecule has 0 aliphatic heterocycles. The Labute approximate surface area is 64.5 Å². The summed E-state index contributed by atoms with van der Waals surface area (Å²) in [6, 6.07) is 3.38. The van der Waals surface area contributed by atoms with Crippen LogP contribution in [0.4, 0.5) is 0 Å². The molecule has 0 saturated heterocycles. The van der Waals surface area contributed by atoms with Crippen molar-refractivity contribution in [2.75, 3.05) is 0 Å². The van der Waals surface area contributed by atoms with Gasteiger partial charge in [0.1, 0.15) is 0 Å². The number of thiocarbonyl (C=S) groups is 1. The fourth-order valence-corrected chi connectivity index (χ4v) is 0.916. The zero-order chi connectivity index (χ0) is 7.56. The van der Waals surface area contributed by atoms with E-state index in [0.717, 1.165) is 0 Å². The first-order valence-corrected chi connectivity index (χ1v) is 3.25. The zero-order valence-corrected chi connectivity index (χ0v) is 6.31. The summed E-state index contributed by atoms with van der Waals surface area (Å²) in [5, 5.41) is 10.3. The average molecular weight is 152 g/mol. The van der Waals surface area contributed by atoms with E-state index >= 15 is 0 Å². The van der Waals surface area contributed by atoms with Gasteiger partial charge in [-0.3, -0.25) is 10.1 Å². The second-order valence-electron chi connectivity index (χ2n) is 1.92. The molecule has 0 N–H and O–H groups in total. The van der Waals surface area contributed by atoms with Crippen molar-refractivity contribution in [1.82, 2.24) is 4.98 Å². The van der Waals surface area contributed by atoms with Crippen LogP contribution in [0.2, 0.25) is 0 Å². The van der Waals surface area contributed by atoms with Crippen molar-refractivity contribution in [3.05, 3.63) is 29.6 Å². The van der Waals surface area contributed by atoms with Gasteiger partial charge in [0.2, 0.25) is 0 Å². The monoisotopic (exact) mass is 152 g/mol. The van der Waals surface area contributed by atoms with Gasteiger partial charge < -0.3 is 0 Å². The van der Waals surface area contributed by atoms with E-state index in [1.165, 1.54) is 0 Å². The first-order chi connectivity index (χ1) is 4.72. The normalized spacial score (nSPS) is 9.30. The van der Waals surface area contributed by atoms with E-state index in [1.54, 1.807) is 25.3 Å².